The molecule has 0 atom stereocenters. The van der Waals surface area contributed by atoms with Crippen molar-refractivity contribution in [1.82, 2.24) is 24.4 Å². The molecule has 0 unspecified atom stereocenters. The number of fused-ring (bicyclic) bond motifs is 1. The molecule has 0 bridgehead atoms. The van der Waals surface area contributed by atoms with Gasteiger partial charge in [-0.05, 0) is 18.6 Å². The summed E-state index contributed by atoms with van der Waals surface area (Å²) in [5, 5.41) is 2.91. The Bertz CT molecular complexity index is 745. The number of para-hydroxylation sites is 2. The molecule has 2 heterocycles. The molecule has 0 aliphatic heterocycles. The van der Waals surface area contributed by atoms with Crippen LogP contribution >= 0.6 is 0 Å². The van der Waals surface area contributed by atoms with Crippen LogP contribution in [-0.4, -0.2) is 31.6 Å². The molecule has 3 aromatic rings. The van der Waals surface area contributed by atoms with Gasteiger partial charge in [-0.1, -0.05) is 12.1 Å². The highest BCUT2D eigenvalue weighted by Crippen LogP contribution is 2.13. The highest BCUT2D eigenvalue weighted by Gasteiger charge is 2.14. The predicted octanol–water partition coefficient (Wildman–Crippen LogP) is 1.59. The van der Waals surface area contributed by atoms with Crippen LogP contribution in [0.1, 0.15) is 17.0 Å². The lowest BCUT2D eigenvalue weighted by atomic mass is 10.3. The van der Waals surface area contributed by atoms with Gasteiger partial charge in [-0.3, -0.25) is 4.79 Å². The second-order valence-corrected chi connectivity index (χ2v) is 4.89. The molecule has 6 heteroatoms. The molecule has 0 aliphatic carbocycles. The Morgan fingerprint density at radius 1 is 1.33 bits per heavy atom. The van der Waals surface area contributed by atoms with E-state index in [0.717, 1.165) is 24.0 Å². The van der Waals surface area contributed by atoms with Gasteiger partial charge < -0.3 is 14.5 Å². The Hall–Kier alpha value is -2.63. The minimum absolute atomic E-state index is 0.140. The lowest BCUT2D eigenvalue weighted by molar-refractivity contribution is 0.0940. The Morgan fingerprint density at radius 2 is 2.19 bits per heavy atom. The number of benzene rings is 1. The SMILES string of the molecule is Cn1c(C(=O)NCCCn2ccnc2)nc2ccccc21. The zero-order chi connectivity index (χ0) is 14.7. The molecule has 1 amide bonds. The van der Waals surface area contributed by atoms with Gasteiger partial charge in [0, 0.05) is 32.5 Å². The summed E-state index contributed by atoms with van der Waals surface area (Å²) in [6, 6.07) is 7.72. The second kappa shape index (κ2) is 5.78. The lowest BCUT2D eigenvalue weighted by Gasteiger charge is -2.05. The normalized spacial score (nSPS) is 10.9. The van der Waals surface area contributed by atoms with Crippen molar-refractivity contribution in [1.29, 1.82) is 0 Å². The van der Waals surface area contributed by atoms with E-state index >= 15 is 0 Å². The van der Waals surface area contributed by atoms with Gasteiger partial charge in [-0.15, -0.1) is 0 Å². The molecule has 21 heavy (non-hydrogen) atoms. The van der Waals surface area contributed by atoms with Crippen LogP contribution in [0.3, 0.4) is 0 Å². The summed E-state index contributed by atoms with van der Waals surface area (Å²) >= 11 is 0. The van der Waals surface area contributed by atoms with Crippen LogP contribution in [0.5, 0.6) is 0 Å². The zero-order valence-corrected chi connectivity index (χ0v) is 11.9. The van der Waals surface area contributed by atoms with Crippen LogP contribution in [0, 0.1) is 0 Å². The van der Waals surface area contributed by atoms with E-state index in [1.165, 1.54) is 0 Å². The number of rotatable bonds is 5. The number of imidazole rings is 2. The highest BCUT2D eigenvalue weighted by atomic mass is 16.2. The van der Waals surface area contributed by atoms with Gasteiger partial charge in [0.25, 0.3) is 5.91 Å². The number of amides is 1. The first-order chi connectivity index (χ1) is 10.3. The van der Waals surface area contributed by atoms with Crippen LogP contribution in [-0.2, 0) is 13.6 Å². The van der Waals surface area contributed by atoms with E-state index in [4.69, 9.17) is 0 Å². The molecule has 1 aromatic carbocycles. The van der Waals surface area contributed by atoms with Crippen molar-refractivity contribution in [3.05, 3.63) is 48.8 Å². The van der Waals surface area contributed by atoms with Crippen LogP contribution in [0.4, 0.5) is 0 Å². The number of carbonyl (C=O) groups is 1. The van der Waals surface area contributed by atoms with Crippen LogP contribution < -0.4 is 5.32 Å². The third kappa shape index (κ3) is 2.79. The van der Waals surface area contributed by atoms with Crippen molar-refractivity contribution >= 4 is 16.9 Å². The molecule has 6 nitrogen and oxygen atoms in total. The Morgan fingerprint density at radius 3 is 2.95 bits per heavy atom. The van der Waals surface area contributed by atoms with E-state index in [0.29, 0.717) is 12.4 Å². The Balaban J connectivity index is 1.60. The first-order valence-electron chi connectivity index (χ1n) is 6.91. The molecule has 0 saturated carbocycles. The smallest absolute Gasteiger partial charge is 0.287 e. The van der Waals surface area contributed by atoms with Crippen molar-refractivity contribution in [3.8, 4) is 0 Å². The largest absolute Gasteiger partial charge is 0.349 e. The number of hydrogen-bond acceptors (Lipinski definition) is 3. The van der Waals surface area contributed by atoms with Gasteiger partial charge in [-0.25, -0.2) is 9.97 Å². The van der Waals surface area contributed by atoms with Crippen molar-refractivity contribution in [2.45, 2.75) is 13.0 Å². The summed E-state index contributed by atoms with van der Waals surface area (Å²) < 4.78 is 3.81. The summed E-state index contributed by atoms with van der Waals surface area (Å²) in [6.45, 7) is 1.45. The molecular formula is C15H17N5O. The van der Waals surface area contributed by atoms with Crippen molar-refractivity contribution < 1.29 is 4.79 Å². The summed E-state index contributed by atoms with van der Waals surface area (Å²) in [7, 11) is 1.86. The van der Waals surface area contributed by atoms with E-state index in [1.807, 2.05) is 46.6 Å². The standard InChI is InChI=1S/C15H17N5O/c1-19-13-6-3-2-5-12(13)18-14(19)15(21)17-7-4-9-20-10-8-16-11-20/h2-3,5-6,8,10-11H,4,7,9H2,1H3,(H,17,21). The summed E-state index contributed by atoms with van der Waals surface area (Å²) in [5.41, 5.74) is 1.80. The number of aryl methyl sites for hydroxylation is 2. The molecule has 0 fully saturated rings. The van der Waals surface area contributed by atoms with Crippen LogP contribution in [0.25, 0.3) is 11.0 Å². The molecule has 1 N–H and O–H groups in total. The first-order valence-corrected chi connectivity index (χ1v) is 6.91. The van der Waals surface area contributed by atoms with Gasteiger partial charge in [0.05, 0.1) is 17.4 Å². The highest BCUT2D eigenvalue weighted by molar-refractivity contribution is 5.94. The maximum absolute atomic E-state index is 12.2. The maximum atomic E-state index is 12.2. The predicted molar refractivity (Wildman–Crippen MR) is 79.9 cm³/mol. The van der Waals surface area contributed by atoms with Gasteiger partial charge in [0.1, 0.15) is 0 Å². The van der Waals surface area contributed by atoms with E-state index in [2.05, 4.69) is 15.3 Å². The summed E-state index contributed by atoms with van der Waals surface area (Å²) in [4.78, 5) is 20.5. The first kappa shape index (κ1) is 13.4. The van der Waals surface area contributed by atoms with Crippen molar-refractivity contribution in [2.75, 3.05) is 6.54 Å². The van der Waals surface area contributed by atoms with E-state index < -0.39 is 0 Å². The fraction of sp³-hybridized carbons (Fsp3) is 0.267. The second-order valence-electron chi connectivity index (χ2n) is 4.89. The Kier molecular flexibility index (Phi) is 3.68. The van der Waals surface area contributed by atoms with Gasteiger partial charge in [-0.2, -0.15) is 0 Å². The fourth-order valence-electron chi connectivity index (χ4n) is 2.31. The fourth-order valence-corrected chi connectivity index (χ4v) is 2.31. The average Bonchev–Trinajstić information content (AvgIpc) is 3.12. The third-order valence-electron chi connectivity index (χ3n) is 3.43. The molecule has 3 rings (SSSR count). The van der Waals surface area contributed by atoms with Gasteiger partial charge >= 0.3 is 0 Å². The van der Waals surface area contributed by atoms with Crippen molar-refractivity contribution in [2.24, 2.45) is 7.05 Å². The zero-order valence-electron chi connectivity index (χ0n) is 11.9. The molecule has 0 spiro atoms. The van der Waals surface area contributed by atoms with Crippen LogP contribution in [0.15, 0.2) is 43.0 Å². The molecule has 0 saturated heterocycles. The van der Waals surface area contributed by atoms with Gasteiger partial charge in [0.15, 0.2) is 5.82 Å². The number of hydrogen-bond donors (Lipinski definition) is 1. The van der Waals surface area contributed by atoms with Gasteiger partial charge in [0.2, 0.25) is 0 Å². The monoisotopic (exact) mass is 283 g/mol. The molecule has 0 aliphatic rings. The molecule has 2 aromatic heterocycles. The molecule has 108 valence electrons. The lowest BCUT2D eigenvalue weighted by Crippen LogP contribution is -2.27. The third-order valence-corrected chi connectivity index (χ3v) is 3.43. The average molecular weight is 283 g/mol. The minimum atomic E-state index is -0.140. The quantitative estimate of drug-likeness (QED) is 0.723. The van der Waals surface area contributed by atoms with Crippen molar-refractivity contribution in [3.63, 3.8) is 0 Å². The number of carbonyl (C=O) groups excluding carboxylic acids is 1. The van der Waals surface area contributed by atoms with E-state index in [-0.39, 0.29) is 5.91 Å². The summed E-state index contributed by atoms with van der Waals surface area (Å²) in [5.74, 6) is 0.304. The summed E-state index contributed by atoms with van der Waals surface area (Å²) in [6.07, 6.45) is 6.28. The van der Waals surface area contributed by atoms with Crippen LogP contribution in [0.2, 0.25) is 0 Å². The topological polar surface area (TPSA) is 64.7 Å². The number of aromatic nitrogens is 4. The van der Waals surface area contributed by atoms with E-state index in [9.17, 15) is 4.79 Å². The molecular weight excluding hydrogens is 266 g/mol. The maximum Gasteiger partial charge on any atom is 0.287 e. The van der Waals surface area contributed by atoms with E-state index in [1.54, 1.807) is 12.5 Å². The molecule has 0 radical (unpaired) electrons. The number of nitrogens with zero attached hydrogens (tertiary/aromatic N) is 4. The Labute approximate surface area is 122 Å². The minimum Gasteiger partial charge on any atom is -0.349 e. The number of nitrogens with one attached hydrogen (secondary N) is 1.